The molecule has 0 aliphatic carbocycles. The van der Waals surface area contributed by atoms with E-state index < -0.39 is 34.3 Å². The second-order valence-electron chi connectivity index (χ2n) is 7.75. The van der Waals surface area contributed by atoms with Crippen LogP contribution in [0, 0.1) is 5.82 Å². The van der Waals surface area contributed by atoms with Crippen LogP contribution in [0.5, 0.6) is 0 Å². The lowest BCUT2D eigenvalue weighted by atomic mass is 10.1. The Morgan fingerprint density at radius 1 is 1.03 bits per heavy atom. The van der Waals surface area contributed by atoms with Crippen molar-refractivity contribution < 1.29 is 22.4 Å². The number of carbonyl (C=O) groups is 2. The van der Waals surface area contributed by atoms with E-state index in [0.717, 1.165) is 17.0 Å². The van der Waals surface area contributed by atoms with Crippen LogP contribution in [-0.4, -0.2) is 50.0 Å². The van der Waals surface area contributed by atoms with Crippen molar-refractivity contribution in [2.45, 2.75) is 45.8 Å². The molecule has 0 bridgehead atoms. The summed E-state index contributed by atoms with van der Waals surface area (Å²) in [4.78, 5) is 27.4. The molecule has 32 heavy (non-hydrogen) atoms. The monoisotopic (exact) mass is 463 g/mol. The normalized spacial score (nSPS) is 13.2. The third-order valence-corrected chi connectivity index (χ3v) is 6.30. The van der Waals surface area contributed by atoms with Crippen molar-refractivity contribution in [3.8, 4) is 0 Å². The largest absolute Gasteiger partial charge is 0.352 e. The average molecular weight is 464 g/mol. The van der Waals surface area contributed by atoms with Crippen LogP contribution in [-0.2, 0) is 26.2 Å². The highest BCUT2D eigenvalue weighted by molar-refractivity contribution is 7.92. The molecule has 2 aromatic carbocycles. The van der Waals surface area contributed by atoms with E-state index in [4.69, 9.17) is 0 Å². The fraction of sp³-hybridized carbons (Fsp3) is 0.391. The Bertz CT molecular complexity index is 1010. The Balaban J connectivity index is 2.34. The van der Waals surface area contributed by atoms with Crippen LogP contribution in [0.2, 0.25) is 0 Å². The summed E-state index contributed by atoms with van der Waals surface area (Å²) in [7, 11) is -3.76. The van der Waals surface area contributed by atoms with Gasteiger partial charge in [-0.1, -0.05) is 37.3 Å². The van der Waals surface area contributed by atoms with E-state index in [2.05, 4.69) is 5.32 Å². The number of anilines is 1. The van der Waals surface area contributed by atoms with Crippen molar-refractivity contribution in [1.82, 2.24) is 10.2 Å². The zero-order valence-corrected chi connectivity index (χ0v) is 19.6. The number of benzene rings is 2. The molecule has 2 atom stereocenters. The summed E-state index contributed by atoms with van der Waals surface area (Å²) in [5, 5.41) is 2.85. The predicted octanol–water partition coefficient (Wildman–Crippen LogP) is 2.92. The second-order valence-corrected chi connectivity index (χ2v) is 9.65. The van der Waals surface area contributed by atoms with Crippen LogP contribution in [0.4, 0.5) is 10.1 Å². The van der Waals surface area contributed by atoms with Crippen LogP contribution >= 0.6 is 0 Å². The highest BCUT2D eigenvalue weighted by atomic mass is 32.2. The van der Waals surface area contributed by atoms with E-state index >= 15 is 0 Å². The number of carbonyl (C=O) groups excluding carboxylic acids is 2. The minimum Gasteiger partial charge on any atom is -0.352 e. The number of para-hydroxylation sites is 1. The zero-order chi connectivity index (χ0) is 23.9. The lowest BCUT2D eigenvalue weighted by Gasteiger charge is -2.32. The molecule has 0 aromatic heterocycles. The molecule has 0 spiro atoms. The minimum atomic E-state index is -3.76. The number of sulfonamides is 1. The van der Waals surface area contributed by atoms with Gasteiger partial charge < -0.3 is 10.2 Å². The van der Waals surface area contributed by atoms with Crippen molar-refractivity contribution in [3.05, 3.63) is 66.0 Å². The van der Waals surface area contributed by atoms with Crippen molar-refractivity contribution in [2.24, 2.45) is 0 Å². The van der Waals surface area contributed by atoms with E-state index in [0.29, 0.717) is 11.3 Å². The van der Waals surface area contributed by atoms with Gasteiger partial charge in [-0.15, -0.1) is 0 Å². The van der Waals surface area contributed by atoms with Crippen molar-refractivity contribution in [1.29, 1.82) is 0 Å². The fourth-order valence-corrected chi connectivity index (χ4v) is 3.89. The minimum absolute atomic E-state index is 0.0284. The Hall–Kier alpha value is -2.94. The molecule has 9 heteroatoms. The van der Waals surface area contributed by atoms with Gasteiger partial charge in [-0.05, 0) is 50.1 Å². The molecule has 0 unspecified atom stereocenters. The van der Waals surface area contributed by atoms with Crippen LogP contribution in [0.25, 0.3) is 0 Å². The molecule has 0 fully saturated rings. The highest BCUT2D eigenvalue weighted by Crippen LogP contribution is 2.18. The Morgan fingerprint density at radius 3 is 2.16 bits per heavy atom. The molecule has 0 aliphatic rings. The van der Waals surface area contributed by atoms with Gasteiger partial charge in [-0.2, -0.15) is 0 Å². The molecule has 0 saturated carbocycles. The summed E-state index contributed by atoms with van der Waals surface area (Å²) in [5.74, 6) is -1.31. The Labute approximate surface area is 189 Å². The number of rotatable bonds is 10. The maximum Gasteiger partial charge on any atom is 0.244 e. The third kappa shape index (κ3) is 7.05. The number of hydrogen-bond acceptors (Lipinski definition) is 4. The maximum atomic E-state index is 13.3. The third-order valence-electron chi connectivity index (χ3n) is 5.16. The van der Waals surface area contributed by atoms with Gasteiger partial charge in [0.2, 0.25) is 21.8 Å². The number of amides is 2. The van der Waals surface area contributed by atoms with E-state index in [-0.39, 0.29) is 18.5 Å². The maximum absolute atomic E-state index is 13.3. The van der Waals surface area contributed by atoms with E-state index in [1.807, 2.05) is 13.8 Å². The average Bonchev–Trinajstić information content (AvgIpc) is 2.76. The summed E-state index contributed by atoms with van der Waals surface area (Å²) < 4.78 is 39.1. The summed E-state index contributed by atoms with van der Waals surface area (Å²) in [6.45, 7) is 4.94. The van der Waals surface area contributed by atoms with E-state index in [1.54, 1.807) is 37.3 Å². The van der Waals surface area contributed by atoms with Crippen molar-refractivity contribution >= 4 is 27.5 Å². The standard InChI is InChI=1S/C23H30FN3O4S/c1-5-17(2)25-23(29)18(3)26(15-19-11-13-20(24)14-12-19)22(28)16-27(32(4,30)31)21-9-7-6-8-10-21/h6-14,17-18H,5,15-16H2,1-4H3,(H,25,29)/t17-,18-/m0/s1. The van der Waals surface area contributed by atoms with E-state index in [1.165, 1.54) is 29.2 Å². The molecule has 0 radical (unpaired) electrons. The summed E-state index contributed by atoms with van der Waals surface area (Å²) in [6.07, 6.45) is 1.75. The summed E-state index contributed by atoms with van der Waals surface area (Å²) in [5.41, 5.74) is 0.968. The first-order chi connectivity index (χ1) is 15.0. The quantitative estimate of drug-likeness (QED) is 0.587. The lowest BCUT2D eigenvalue weighted by molar-refractivity contribution is -0.139. The highest BCUT2D eigenvalue weighted by Gasteiger charge is 2.30. The molecule has 174 valence electrons. The number of hydrogen-bond donors (Lipinski definition) is 1. The van der Waals surface area contributed by atoms with Gasteiger partial charge in [0.15, 0.2) is 0 Å². The smallest absolute Gasteiger partial charge is 0.244 e. The van der Waals surface area contributed by atoms with Crippen molar-refractivity contribution in [2.75, 3.05) is 17.1 Å². The molecule has 0 heterocycles. The first kappa shape index (κ1) is 25.3. The molecule has 2 rings (SSSR count). The van der Waals surface area contributed by atoms with Crippen molar-refractivity contribution in [3.63, 3.8) is 0 Å². The van der Waals surface area contributed by atoms with Gasteiger partial charge in [0.25, 0.3) is 0 Å². The van der Waals surface area contributed by atoms with Gasteiger partial charge in [0.05, 0.1) is 11.9 Å². The van der Waals surface area contributed by atoms with Gasteiger partial charge >= 0.3 is 0 Å². The van der Waals surface area contributed by atoms with Crippen LogP contribution in [0.15, 0.2) is 54.6 Å². The predicted molar refractivity (Wildman–Crippen MR) is 123 cm³/mol. The first-order valence-electron chi connectivity index (χ1n) is 10.4. The second kappa shape index (κ2) is 11.1. The fourth-order valence-electron chi connectivity index (χ4n) is 3.04. The van der Waals surface area contributed by atoms with Gasteiger partial charge in [0, 0.05) is 12.6 Å². The number of halogens is 1. The van der Waals surface area contributed by atoms with Gasteiger partial charge in [0.1, 0.15) is 18.4 Å². The Morgan fingerprint density at radius 2 is 1.62 bits per heavy atom. The molecule has 0 aliphatic heterocycles. The summed E-state index contributed by atoms with van der Waals surface area (Å²) in [6, 6.07) is 12.9. The molecule has 2 amide bonds. The van der Waals surface area contributed by atoms with Crippen LogP contribution in [0.1, 0.15) is 32.8 Å². The molecular weight excluding hydrogens is 433 g/mol. The molecule has 7 nitrogen and oxygen atoms in total. The number of nitrogens with one attached hydrogen (secondary N) is 1. The summed E-state index contributed by atoms with van der Waals surface area (Å²) >= 11 is 0. The SMILES string of the molecule is CC[C@H](C)NC(=O)[C@H](C)N(Cc1ccc(F)cc1)C(=O)CN(c1ccccc1)S(C)(=O)=O. The van der Waals surface area contributed by atoms with Crippen LogP contribution in [0.3, 0.4) is 0 Å². The molecule has 2 aromatic rings. The first-order valence-corrected chi connectivity index (χ1v) is 12.2. The molecule has 0 saturated heterocycles. The van der Waals surface area contributed by atoms with Crippen LogP contribution < -0.4 is 9.62 Å². The molecular formula is C23H30FN3O4S. The van der Waals surface area contributed by atoms with Gasteiger partial charge in [-0.3, -0.25) is 13.9 Å². The Kier molecular flexibility index (Phi) is 8.77. The van der Waals surface area contributed by atoms with E-state index in [9.17, 15) is 22.4 Å². The van der Waals surface area contributed by atoms with Gasteiger partial charge in [-0.25, -0.2) is 12.8 Å². The zero-order valence-electron chi connectivity index (χ0n) is 18.8. The lowest BCUT2D eigenvalue weighted by Crippen LogP contribution is -2.52. The topological polar surface area (TPSA) is 86.8 Å². The number of nitrogens with zero attached hydrogens (tertiary/aromatic N) is 2. The molecule has 1 N–H and O–H groups in total.